The first kappa shape index (κ1) is 17.4. The molecule has 0 radical (unpaired) electrons. The molecule has 7 nitrogen and oxygen atoms in total. The fourth-order valence-electron chi connectivity index (χ4n) is 2.74. The van der Waals surface area contributed by atoms with Crippen LogP contribution >= 0.6 is 11.8 Å². The second-order valence-electron chi connectivity index (χ2n) is 5.76. The number of carboxylic acids is 1. The summed E-state index contributed by atoms with van der Waals surface area (Å²) in [6.45, 7) is 0.782. The van der Waals surface area contributed by atoms with Crippen molar-refractivity contribution in [3.05, 3.63) is 47.5 Å². The van der Waals surface area contributed by atoms with Gasteiger partial charge in [-0.15, -0.1) is 5.10 Å². The molecular weight excluding hydrogens is 347 g/mol. The van der Waals surface area contributed by atoms with Gasteiger partial charge in [-0.1, -0.05) is 17.3 Å². The van der Waals surface area contributed by atoms with E-state index in [4.69, 9.17) is 5.11 Å². The minimum atomic E-state index is -0.931. The van der Waals surface area contributed by atoms with E-state index in [2.05, 4.69) is 10.3 Å². The highest BCUT2D eigenvalue weighted by Gasteiger charge is 2.30. The quantitative estimate of drug-likeness (QED) is 0.865. The molecule has 0 bridgehead atoms. The van der Waals surface area contributed by atoms with Crippen molar-refractivity contribution in [3.63, 3.8) is 0 Å². The molecule has 0 aliphatic carbocycles. The Morgan fingerprint density at radius 3 is 3.00 bits per heavy atom. The third-order valence-electron chi connectivity index (χ3n) is 3.89. The minimum absolute atomic E-state index is 0.0871. The standard InChI is InChI=1S/C16H17FN4O3S/c17-12-3-1-2-11(6-12)8-20-9-14(18-19-20)16(24)21-4-5-25-10-13(21)7-15(22)23/h1-3,6,9,13H,4-5,7-8,10H2,(H,22,23). The number of hydrogen-bond donors (Lipinski definition) is 1. The van der Waals surface area contributed by atoms with Crippen molar-refractivity contribution >= 4 is 23.6 Å². The molecule has 0 saturated carbocycles. The van der Waals surface area contributed by atoms with E-state index < -0.39 is 5.97 Å². The zero-order chi connectivity index (χ0) is 17.8. The topological polar surface area (TPSA) is 88.3 Å². The van der Waals surface area contributed by atoms with E-state index in [9.17, 15) is 14.0 Å². The van der Waals surface area contributed by atoms with Crippen LogP contribution in [0.5, 0.6) is 0 Å². The zero-order valence-electron chi connectivity index (χ0n) is 13.3. The lowest BCUT2D eigenvalue weighted by molar-refractivity contribution is -0.138. The van der Waals surface area contributed by atoms with Gasteiger partial charge < -0.3 is 10.0 Å². The van der Waals surface area contributed by atoms with Gasteiger partial charge in [0.2, 0.25) is 0 Å². The summed E-state index contributed by atoms with van der Waals surface area (Å²) in [5.41, 5.74) is 0.876. The van der Waals surface area contributed by atoms with Crippen molar-refractivity contribution in [3.8, 4) is 0 Å². The Labute approximate surface area is 147 Å². The van der Waals surface area contributed by atoms with Crippen LogP contribution in [0.25, 0.3) is 0 Å². The fourth-order valence-corrected chi connectivity index (χ4v) is 3.80. The molecule has 2 heterocycles. The maximum absolute atomic E-state index is 13.2. The van der Waals surface area contributed by atoms with Gasteiger partial charge in [0.05, 0.1) is 25.2 Å². The van der Waals surface area contributed by atoms with Gasteiger partial charge in [0, 0.05) is 18.1 Å². The Hall–Kier alpha value is -2.42. The summed E-state index contributed by atoms with van der Waals surface area (Å²) in [5.74, 6) is -0.234. The van der Waals surface area contributed by atoms with Crippen LogP contribution < -0.4 is 0 Å². The van der Waals surface area contributed by atoms with Crippen molar-refractivity contribution in [2.24, 2.45) is 0 Å². The summed E-state index contributed by atoms with van der Waals surface area (Å²) in [7, 11) is 0. The van der Waals surface area contributed by atoms with Crippen LogP contribution in [-0.4, -0.2) is 61.0 Å². The smallest absolute Gasteiger partial charge is 0.305 e. The Bertz CT molecular complexity index is 782. The highest BCUT2D eigenvalue weighted by Crippen LogP contribution is 2.21. The van der Waals surface area contributed by atoms with Gasteiger partial charge in [-0.05, 0) is 17.7 Å². The third kappa shape index (κ3) is 4.36. The van der Waals surface area contributed by atoms with Crippen molar-refractivity contribution in [2.75, 3.05) is 18.1 Å². The highest BCUT2D eigenvalue weighted by atomic mass is 32.2. The van der Waals surface area contributed by atoms with E-state index in [1.54, 1.807) is 28.8 Å². The molecule has 25 heavy (non-hydrogen) atoms. The van der Waals surface area contributed by atoms with Crippen molar-refractivity contribution in [1.82, 2.24) is 19.9 Å². The number of nitrogens with zero attached hydrogens (tertiary/aromatic N) is 4. The Balaban J connectivity index is 1.72. The SMILES string of the molecule is O=C(O)CC1CSCCN1C(=O)c1cn(Cc2cccc(F)c2)nn1. The van der Waals surface area contributed by atoms with Gasteiger partial charge in [0.25, 0.3) is 5.91 Å². The molecule has 1 aromatic heterocycles. The number of thioether (sulfide) groups is 1. The first-order valence-electron chi connectivity index (χ1n) is 7.78. The van der Waals surface area contributed by atoms with Gasteiger partial charge in [0.15, 0.2) is 5.69 Å². The van der Waals surface area contributed by atoms with Crippen molar-refractivity contribution in [1.29, 1.82) is 0 Å². The first-order chi connectivity index (χ1) is 12.0. The van der Waals surface area contributed by atoms with Crippen LogP contribution in [0.1, 0.15) is 22.5 Å². The minimum Gasteiger partial charge on any atom is -0.481 e. The predicted octanol–water partition coefficient (Wildman–Crippen LogP) is 1.50. The molecule has 1 saturated heterocycles. The number of benzene rings is 1. The van der Waals surface area contributed by atoms with E-state index in [0.717, 1.165) is 5.75 Å². The van der Waals surface area contributed by atoms with Gasteiger partial charge in [-0.2, -0.15) is 11.8 Å². The number of carboxylic acid groups (broad SMARTS) is 1. The Kier molecular flexibility index (Phi) is 5.32. The molecule has 1 amide bonds. The molecule has 132 valence electrons. The van der Waals surface area contributed by atoms with Gasteiger partial charge in [-0.25, -0.2) is 9.07 Å². The average Bonchev–Trinajstić information content (AvgIpc) is 3.03. The van der Waals surface area contributed by atoms with Crippen molar-refractivity contribution < 1.29 is 19.1 Å². The highest BCUT2D eigenvalue weighted by molar-refractivity contribution is 7.99. The maximum atomic E-state index is 13.2. The van der Waals surface area contributed by atoms with Crippen LogP contribution in [0, 0.1) is 5.82 Å². The van der Waals surface area contributed by atoms with Gasteiger partial charge in [0.1, 0.15) is 5.82 Å². The van der Waals surface area contributed by atoms with Crippen LogP contribution in [0.4, 0.5) is 4.39 Å². The van der Waals surface area contributed by atoms with Crippen molar-refractivity contribution in [2.45, 2.75) is 19.0 Å². The first-order valence-corrected chi connectivity index (χ1v) is 8.93. The monoisotopic (exact) mass is 364 g/mol. The van der Waals surface area contributed by atoms with Crippen LogP contribution in [-0.2, 0) is 11.3 Å². The largest absolute Gasteiger partial charge is 0.481 e. The molecule has 1 aliphatic heterocycles. The van der Waals surface area contributed by atoms with Crippen LogP contribution in [0.15, 0.2) is 30.5 Å². The Morgan fingerprint density at radius 2 is 2.24 bits per heavy atom. The number of halogens is 1. The molecule has 1 unspecified atom stereocenters. The molecular formula is C16H17FN4O3S. The molecule has 1 N–H and O–H groups in total. The summed E-state index contributed by atoms with van der Waals surface area (Å²) >= 11 is 1.64. The molecule has 3 rings (SSSR count). The van der Waals surface area contributed by atoms with E-state index in [1.807, 2.05) is 0 Å². The summed E-state index contributed by atoms with van der Waals surface area (Å²) in [4.78, 5) is 25.2. The fraction of sp³-hybridized carbons (Fsp3) is 0.375. The zero-order valence-corrected chi connectivity index (χ0v) is 14.2. The van der Waals surface area contributed by atoms with E-state index in [-0.39, 0.29) is 29.9 Å². The molecule has 1 aliphatic rings. The molecule has 1 fully saturated rings. The number of carbonyl (C=O) groups is 2. The normalized spacial score (nSPS) is 17.5. The number of amides is 1. The molecule has 1 atom stereocenters. The maximum Gasteiger partial charge on any atom is 0.305 e. The lowest BCUT2D eigenvalue weighted by atomic mass is 10.2. The van der Waals surface area contributed by atoms with E-state index in [1.165, 1.54) is 23.0 Å². The second kappa shape index (κ2) is 7.64. The third-order valence-corrected chi connectivity index (χ3v) is 4.98. The number of aromatic nitrogens is 3. The lowest BCUT2D eigenvalue weighted by Crippen LogP contribution is -2.47. The van der Waals surface area contributed by atoms with Crippen LogP contribution in [0.2, 0.25) is 0 Å². The number of rotatable bonds is 5. The van der Waals surface area contributed by atoms with Gasteiger partial charge in [-0.3, -0.25) is 9.59 Å². The number of aliphatic carboxylic acids is 1. The second-order valence-corrected chi connectivity index (χ2v) is 6.91. The summed E-state index contributed by atoms with van der Waals surface area (Å²) in [6.07, 6.45) is 1.42. The molecule has 1 aromatic carbocycles. The number of hydrogen-bond acceptors (Lipinski definition) is 5. The Morgan fingerprint density at radius 1 is 1.40 bits per heavy atom. The predicted molar refractivity (Wildman–Crippen MR) is 89.9 cm³/mol. The average molecular weight is 364 g/mol. The molecule has 9 heteroatoms. The summed E-state index contributed by atoms with van der Waals surface area (Å²) < 4.78 is 14.7. The molecule has 0 spiro atoms. The van der Waals surface area contributed by atoms with E-state index >= 15 is 0 Å². The lowest BCUT2D eigenvalue weighted by Gasteiger charge is -2.34. The molecule has 2 aromatic rings. The summed E-state index contributed by atoms with van der Waals surface area (Å²) in [5, 5.41) is 16.8. The van der Waals surface area contributed by atoms with Gasteiger partial charge >= 0.3 is 5.97 Å². The van der Waals surface area contributed by atoms with Crippen LogP contribution in [0.3, 0.4) is 0 Å². The van der Waals surface area contributed by atoms with E-state index in [0.29, 0.717) is 24.4 Å². The number of carbonyl (C=O) groups excluding carboxylic acids is 1. The summed E-state index contributed by atoms with van der Waals surface area (Å²) in [6, 6.07) is 5.77.